The highest BCUT2D eigenvalue weighted by Crippen LogP contribution is 2.29. The number of aryl methyl sites for hydroxylation is 1. The van der Waals surface area contributed by atoms with Gasteiger partial charge in [-0.25, -0.2) is 4.98 Å². The molecule has 0 bridgehead atoms. The van der Waals surface area contributed by atoms with Gasteiger partial charge < -0.3 is 19.9 Å². The fraction of sp³-hybridized carbons (Fsp3) is 0.250. The number of nitrogens with zero attached hydrogens (tertiary/aromatic N) is 2. The van der Waals surface area contributed by atoms with Crippen LogP contribution >= 0.6 is 23.1 Å². The summed E-state index contributed by atoms with van der Waals surface area (Å²) in [6.07, 6.45) is 0. The Balaban J connectivity index is 1.46. The first kappa shape index (κ1) is 18.2. The van der Waals surface area contributed by atoms with Crippen LogP contribution in [0.1, 0.15) is 5.76 Å². The van der Waals surface area contributed by atoms with Gasteiger partial charge in [-0.2, -0.15) is 0 Å². The predicted molar refractivity (Wildman–Crippen MR) is 102 cm³/mol. The van der Waals surface area contributed by atoms with Crippen LogP contribution in [-0.4, -0.2) is 40.6 Å². The number of thiazole rings is 1. The maximum atomic E-state index is 12.0. The number of benzene rings is 1. The molecule has 2 N–H and O–H groups in total. The van der Waals surface area contributed by atoms with E-state index in [2.05, 4.69) is 20.8 Å². The summed E-state index contributed by atoms with van der Waals surface area (Å²) >= 11 is 2.57. The molecule has 8 nitrogen and oxygen atoms in total. The highest BCUT2D eigenvalue weighted by Gasteiger charge is 2.11. The molecule has 0 aliphatic heterocycles. The number of aromatic nitrogens is 2. The van der Waals surface area contributed by atoms with E-state index in [9.17, 15) is 9.59 Å². The average molecular weight is 392 g/mol. The number of fused-ring (bicyclic) bond motifs is 1. The molecule has 0 aliphatic rings. The average Bonchev–Trinajstić information content (AvgIpc) is 3.19. The van der Waals surface area contributed by atoms with Gasteiger partial charge >= 0.3 is 0 Å². The number of amides is 2. The zero-order valence-electron chi connectivity index (χ0n) is 14.1. The number of thioether (sulfide) groups is 1. The first-order chi connectivity index (χ1) is 12.5. The molecule has 0 spiro atoms. The molecule has 3 rings (SSSR count). The monoisotopic (exact) mass is 392 g/mol. The van der Waals surface area contributed by atoms with Gasteiger partial charge in [-0.3, -0.25) is 9.59 Å². The third kappa shape index (κ3) is 4.73. The van der Waals surface area contributed by atoms with Gasteiger partial charge in [0.1, 0.15) is 11.5 Å². The second-order valence-electron chi connectivity index (χ2n) is 5.26. The van der Waals surface area contributed by atoms with E-state index in [-0.39, 0.29) is 23.3 Å². The zero-order valence-corrected chi connectivity index (χ0v) is 15.7. The topological polar surface area (TPSA) is 106 Å². The van der Waals surface area contributed by atoms with E-state index in [0.29, 0.717) is 16.7 Å². The van der Waals surface area contributed by atoms with Gasteiger partial charge in [0.25, 0.3) is 0 Å². The van der Waals surface area contributed by atoms with Gasteiger partial charge in [0, 0.05) is 6.07 Å². The molecule has 0 aliphatic carbocycles. The number of carbonyl (C=O) groups excluding carboxylic acids is 2. The van der Waals surface area contributed by atoms with E-state index in [1.165, 1.54) is 23.1 Å². The van der Waals surface area contributed by atoms with E-state index in [1.807, 2.05) is 18.2 Å². The molecule has 136 valence electrons. The largest absolute Gasteiger partial charge is 0.497 e. The van der Waals surface area contributed by atoms with Crippen LogP contribution in [-0.2, 0) is 9.59 Å². The van der Waals surface area contributed by atoms with Crippen LogP contribution in [0.5, 0.6) is 5.75 Å². The van der Waals surface area contributed by atoms with Crippen LogP contribution in [0.4, 0.5) is 10.9 Å². The van der Waals surface area contributed by atoms with Crippen molar-refractivity contribution >= 4 is 56.1 Å². The molecule has 2 amide bonds. The summed E-state index contributed by atoms with van der Waals surface area (Å²) in [5.74, 6) is 1.53. The minimum atomic E-state index is -0.247. The van der Waals surface area contributed by atoms with Crippen LogP contribution in [0.3, 0.4) is 0 Å². The summed E-state index contributed by atoms with van der Waals surface area (Å²) in [6, 6.07) is 7.15. The van der Waals surface area contributed by atoms with E-state index in [4.69, 9.17) is 9.26 Å². The Labute approximate surface area is 157 Å². The number of anilines is 2. The summed E-state index contributed by atoms with van der Waals surface area (Å²) in [7, 11) is 1.60. The summed E-state index contributed by atoms with van der Waals surface area (Å²) < 4.78 is 11.0. The van der Waals surface area contributed by atoms with Crippen molar-refractivity contribution in [2.45, 2.75) is 6.92 Å². The third-order valence-corrected chi connectivity index (χ3v) is 5.07. The van der Waals surface area contributed by atoms with Crippen LogP contribution in [0, 0.1) is 6.92 Å². The molecule has 26 heavy (non-hydrogen) atoms. The van der Waals surface area contributed by atoms with Crippen molar-refractivity contribution in [2.24, 2.45) is 0 Å². The second-order valence-corrected chi connectivity index (χ2v) is 7.28. The van der Waals surface area contributed by atoms with Crippen molar-refractivity contribution in [3.63, 3.8) is 0 Å². The highest BCUT2D eigenvalue weighted by atomic mass is 32.2. The van der Waals surface area contributed by atoms with Crippen LogP contribution in [0.15, 0.2) is 28.8 Å². The molecule has 2 heterocycles. The number of nitrogens with one attached hydrogen (secondary N) is 2. The van der Waals surface area contributed by atoms with Crippen molar-refractivity contribution in [3.05, 3.63) is 30.0 Å². The number of hydrogen-bond donors (Lipinski definition) is 2. The molecular weight excluding hydrogens is 376 g/mol. The molecule has 0 radical (unpaired) electrons. The van der Waals surface area contributed by atoms with E-state index in [1.54, 1.807) is 20.1 Å². The number of methoxy groups -OCH3 is 1. The number of hydrogen-bond acceptors (Lipinski definition) is 8. The fourth-order valence-electron chi connectivity index (χ4n) is 2.08. The van der Waals surface area contributed by atoms with Gasteiger partial charge in [-0.1, -0.05) is 16.5 Å². The first-order valence-corrected chi connectivity index (χ1v) is 9.56. The second kappa shape index (κ2) is 8.19. The highest BCUT2D eigenvalue weighted by molar-refractivity contribution is 8.00. The Morgan fingerprint density at radius 2 is 2.00 bits per heavy atom. The molecule has 1 aromatic carbocycles. The van der Waals surface area contributed by atoms with Gasteiger partial charge in [0.15, 0.2) is 10.9 Å². The standard InChI is InChI=1S/C16H16N4O4S2/c1-9-5-13(20-24-9)18-14(21)7-25-8-15(22)19-16-17-11-4-3-10(23-2)6-12(11)26-16/h3-6H,7-8H2,1-2H3,(H,17,19,22)(H,18,20,21). The van der Waals surface area contributed by atoms with E-state index >= 15 is 0 Å². The molecule has 10 heteroatoms. The number of ether oxygens (including phenoxy) is 1. The Morgan fingerprint density at radius 1 is 1.23 bits per heavy atom. The fourth-order valence-corrected chi connectivity index (χ4v) is 3.61. The first-order valence-electron chi connectivity index (χ1n) is 7.59. The maximum Gasteiger partial charge on any atom is 0.236 e. The molecule has 0 saturated carbocycles. The Kier molecular flexibility index (Phi) is 5.74. The summed E-state index contributed by atoms with van der Waals surface area (Å²) in [6.45, 7) is 1.74. The third-order valence-electron chi connectivity index (χ3n) is 3.20. The molecule has 0 saturated heterocycles. The van der Waals surface area contributed by atoms with E-state index in [0.717, 1.165) is 16.0 Å². The molecule has 0 unspecified atom stereocenters. The minimum Gasteiger partial charge on any atom is -0.497 e. The molecule has 3 aromatic rings. The van der Waals surface area contributed by atoms with Crippen molar-refractivity contribution in [3.8, 4) is 5.75 Å². The lowest BCUT2D eigenvalue weighted by Gasteiger charge is -2.02. The van der Waals surface area contributed by atoms with Crippen LogP contribution < -0.4 is 15.4 Å². The Morgan fingerprint density at radius 3 is 2.69 bits per heavy atom. The normalized spacial score (nSPS) is 10.7. The minimum absolute atomic E-state index is 0.135. The quantitative estimate of drug-likeness (QED) is 0.637. The van der Waals surface area contributed by atoms with Gasteiger partial charge in [-0.05, 0) is 25.1 Å². The molecular formula is C16H16N4O4S2. The predicted octanol–water partition coefficient (Wildman–Crippen LogP) is 2.91. The lowest BCUT2D eigenvalue weighted by atomic mass is 10.3. The summed E-state index contributed by atoms with van der Waals surface area (Å²) in [5, 5.41) is 9.53. The SMILES string of the molecule is COc1ccc2nc(NC(=O)CSCC(=O)Nc3cc(C)on3)sc2c1. The number of carbonyl (C=O) groups is 2. The smallest absolute Gasteiger partial charge is 0.236 e. The number of rotatable bonds is 7. The van der Waals surface area contributed by atoms with E-state index < -0.39 is 0 Å². The van der Waals surface area contributed by atoms with Crippen molar-refractivity contribution in [1.82, 2.24) is 10.1 Å². The van der Waals surface area contributed by atoms with Crippen LogP contribution in [0.25, 0.3) is 10.2 Å². The molecule has 0 fully saturated rings. The van der Waals surface area contributed by atoms with Crippen molar-refractivity contribution < 1.29 is 18.8 Å². The lowest BCUT2D eigenvalue weighted by Crippen LogP contribution is -2.18. The van der Waals surface area contributed by atoms with Gasteiger partial charge in [-0.15, -0.1) is 11.8 Å². The molecule has 2 aromatic heterocycles. The summed E-state index contributed by atoms with van der Waals surface area (Å²) in [5.41, 5.74) is 0.793. The van der Waals surface area contributed by atoms with Gasteiger partial charge in [0.05, 0.1) is 28.8 Å². The van der Waals surface area contributed by atoms with Gasteiger partial charge in [0.2, 0.25) is 11.8 Å². The summed E-state index contributed by atoms with van der Waals surface area (Å²) in [4.78, 5) is 28.1. The van der Waals surface area contributed by atoms with Crippen LogP contribution in [0.2, 0.25) is 0 Å². The van der Waals surface area contributed by atoms with Crippen molar-refractivity contribution in [1.29, 1.82) is 0 Å². The molecule has 0 atom stereocenters. The zero-order chi connectivity index (χ0) is 18.5. The maximum absolute atomic E-state index is 12.0. The Bertz CT molecular complexity index is 937. The van der Waals surface area contributed by atoms with Crippen molar-refractivity contribution in [2.75, 3.05) is 29.2 Å². The lowest BCUT2D eigenvalue weighted by molar-refractivity contribution is -0.114. The Hall–Kier alpha value is -2.59.